The number of hydrogen-bond donors (Lipinski definition) is 0. The summed E-state index contributed by atoms with van der Waals surface area (Å²) in [6, 6.07) is 10.9. The molecule has 1 aliphatic heterocycles. The largest absolute Gasteiger partial charge is 0.296 e. The Morgan fingerprint density at radius 1 is 1.16 bits per heavy atom. The lowest BCUT2D eigenvalue weighted by Gasteiger charge is -2.09. The van der Waals surface area contributed by atoms with Crippen molar-refractivity contribution >= 4 is 10.9 Å². The third-order valence-corrected chi connectivity index (χ3v) is 4.38. The summed E-state index contributed by atoms with van der Waals surface area (Å²) in [5.74, 6) is 6.71. The van der Waals surface area contributed by atoms with Gasteiger partial charge in [-0.3, -0.25) is 9.36 Å². The lowest BCUT2D eigenvalue weighted by Crippen LogP contribution is -2.24. The first kappa shape index (κ1) is 15.5. The van der Waals surface area contributed by atoms with Gasteiger partial charge in [-0.2, -0.15) is 0 Å². The molecule has 25 heavy (non-hydrogen) atoms. The van der Waals surface area contributed by atoms with Gasteiger partial charge < -0.3 is 0 Å². The van der Waals surface area contributed by atoms with E-state index in [0.29, 0.717) is 48.2 Å². The average Bonchev–Trinajstić information content (AvgIpc) is 2.83. The Morgan fingerprint density at radius 3 is 2.92 bits per heavy atom. The number of benzene rings is 1. The summed E-state index contributed by atoms with van der Waals surface area (Å²) in [6.45, 7) is 0.388. The van der Waals surface area contributed by atoms with Crippen LogP contribution in [0.15, 0.2) is 47.4 Å². The van der Waals surface area contributed by atoms with Gasteiger partial charge in [-0.1, -0.05) is 12.0 Å². The molecule has 1 atom stereocenters. The SMILES string of the molecule is O=c1c2ccc(C#Cc3ccccn3)cc2nc2n1CCC(F)CC2. The van der Waals surface area contributed by atoms with Crippen molar-refractivity contribution in [1.82, 2.24) is 14.5 Å². The lowest BCUT2D eigenvalue weighted by atomic mass is 10.1. The highest BCUT2D eigenvalue weighted by Crippen LogP contribution is 2.18. The molecule has 5 heteroatoms. The molecule has 0 aliphatic carbocycles. The Labute approximate surface area is 144 Å². The number of hydrogen-bond acceptors (Lipinski definition) is 3. The highest BCUT2D eigenvalue weighted by molar-refractivity contribution is 5.79. The predicted octanol–water partition coefficient (Wildman–Crippen LogP) is 2.87. The van der Waals surface area contributed by atoms with Crippen LogP contribution >= 0.6 is 0 Å². The van der Waals surface area contributed by atoms with Crippen molar-refractivity contribution in [3.63, 3.8) is 0 Å². The van der Waals surface area contributed by atoms with Gasteiger partial charge in [0.2, 0.25) is 0 Å². The van der Waals surface area contributed by atoms with Crippen LogP contribution in [0, 0.1) is 11.8 Å². The normalized spacial score (nSPS) is 16.6. The molecule has 4 nitrogen and oxygen atoms in total. The van der Waals surface area contributed by atoms with Gasteiger partial charge in [-0.25, -0.2) is 14.4 Å². The molecule has 0 saturated carbocycles. The van der Waals surface area contributed by atoms with Crippen LogP contribution in [0.1, 0.15) is 29.9 Å². The second kappa shape index (κ2) is 6.48. The topological polar surface area (TPSA) is 47.8 Å². The third kappa shape index (κ3) is 3.16. The number of aromatic nitrogens is 3. The first-order valence-electron chi connectivity index (χ1n) is 8.31. The van der Waals surface area contributed by atoms with Crippen molar-refractivity contribution in [2.75, 3.05) is 0 Å². The molecule has 0 spiro atoms. The van der Waals surface area contributed by atoms with Gasteiger partial charge >= 0.3 is 0 Å². The molecule has 0 fully saturated rings. The maximum Gasteiger partial charge on any atom is 0.261 e. The number of nitrogens with zero attached hydrogens (tertiary/aromatic N) is 3. The molecule has 124 valence electrons. The van der Waals surface area contributed by atoms with Gasteiger partial charge in [-0.05, 0) is 49.1 Å². The van der Waals surface area contributed by atoms with Crippen LogP contribution in [0.5, 0.6) is 0 Å². The van der Waals surface area contributed by atoms with Gasteiger partial charge in [0.15, 0.2) is 0 Å². The van der Waals surface area contributed by atoms with Crippen LogP contribution in [-0.2, 0) is 13.0 Å². The van der Waals surface area contributed by atoms with Crippen LogP contribution in [0.3, 0.4) is 0 Å². The molecule has 0 bridgehead atoms. The second-order valence-electron chi connectivity index (χ2n) is 6.11. The fraction of sp³-hybridized carbons (Fsp3) is 0.250. The van der Waals surface area contributed by atoms with E-state index in [1.165, 1.54) is 0 Å². The van der Waals surface area contributed by atoms with Crippen molar-refractivity contribution < 1.29 is 4.39 Å². The zero-order valence-corrected chi connectivity index (χ0v) is 13.6. The number of pyridine rings is 1. The third-order valence-electron chi connectivity index (χ3n) is 4.38. The Balaban J connectivity index is 1.77. The first-order chi connectivity index (χ1) is 12.2. The number of halogens is 1. The van der Waals surface area contributed by atoms with E-state index in [2.05, 4.69) is 21.8 Å². The summed E-state index contributed by atoms with van der Waals surface area (Å²) < 4.78 is 15.3. The molecule has 1 aromatic carbocycles. The molecule has 1 aliphatic rings. The molecular weight excluding hydrogens is 317 g/mol. The summed E-state index contributed by atoms with van der Waals surface area (Å²) in [5.41, 5.74) is 1.97. The smallest absolute Gasteiger partial charge is 0.261 e. The van der Waals surface area contributed by atoms with E-state index in [4.69, 9.17) is 0 Å². The monoisotopic (exact) mass is 333 g/mol. The van der Waals surface area contributed by atoms with Crippen LogP contribution < -0.4 is 5.56 Å². The van der Waals surface area contributed by atoms with E-state index in [0.717, 1.165) is 5.56 Å². The molecule has 0 radical (unpaired) electrons. The fourth-order valence-electron chi connectivity index (χ4n) is 3.04. The Kier molecular flexibility index (Phi) is 4.02. The molecule has 3 heterocycles. The quantitative estimate of drug-likeness (QED) is 0.594. The first-order valence-corrected chi connectivity index (χ1v) is 8.31. The van der Waals surface area contributed by atoms with Crippen LogP contribution in [0.4, 0.5) is 4.39 Å². The summed E-state index contributed by atoms with van der Waals surface area (Å²) in [6.07, 6.45) is 2.09. The molecule has 0 amide bonds. The van der Waals surface area contributed by atoms with Crippen LogP contribution in [-0.4, -0.2) is 20.7 Å². The average molecular weight is 333 g/mol. The van der Waals surface area contributed by atoms with Crippen molar-refractivity contribution in [3.8, 4) is 11.8 Å². The van der Waals surface area contributed by atoms with Crippen molar-refractivity contribution in [2.24, 2.45) is 0 Å². The fourth-order valence-corrected chi connectivity index (χ4v) is 3.04. The summed E-state index contributed by atoms with van der Waals surface area (Å²) >= 11 is 0. The molecule has 0 N–H and O–H groups in total. The molecule has 0 saturated heterocycles. The lowest BCUT2D eigenvalue weighted by molar-refractivity contribution is 0.296. The van der Waals surface area contributed by atoms with Crippen molar-refractivity contribution in [1.29, 1.82) is 0 Å². The number of rotatable bonds is 0. The number of aryl methyl sites for hydroxylation is 1. The molecular formula is C20H16FN3O. The highest BCUT2D eigenvalue weighted by Gasteiger charge is 2.18. The zero-order chi connectivity index (χ0) is 17.2. The minimum absolute atomic E-state index is 0.0988. The minimum Gasteiger partial charge on any atom is -0.296 e. The van der Waals surface area contributed by atoms with E-state index in [9.17, 15) is 9.18 Å². The standard InChI is InChI=1S/C20H16FN3O/c21-15-6-9-19-23-18-13-14(4-7-16-3-1-2-11-22-16)5-8-17(18)20(25)24(19)12-10-15/h1-3,5,8,11,13,15H,6,9-10,12H2. The molecule has 2 aromatic heterocycles. The van der Waals surface area contributed by atoms with E-state index in [-0.39, 0.29) is 5.56 Å². The maximum atomic E-state index is 13.6. The minimum atomic E-state index is -0.871. The highest BCUT2D eigenvalue weighted by atomic mass is 19.1. The van der Waals surface area contributed by atoms with Gasteiger partial charge in [0.1, 0.15) is 17.7 Å². The van der Waals surface area contributed by atoms with E-state index < -0.39 is 6.17 Å². The van der Waals surface area contributed by atoms with E-state index in [1.54, 1.807) is 16.8 Å². The summed E-state index contributed by atoms with van der Waals surface area (Å²) in [7, 11) is 0. The van der Waals surface area contributed by atoms with Crippen molar-refractivity contribution in [2.45, 2.75) is 32.0 Å². The maximum absolute atomic E-state index is 13.6. The van der Waals surface area contributed by atoms with Gasteiger partial charge in [0.05, 0.1) is 10.9 Å². The van der Waals surface area contributed by atoms with Crippen LogP contribution in [0.25, 0.3) is 10.9 Å². The second-order valence-corrected chi connectivity index (χ2v) is 6.11. The Bertz CT molecular complexity index is 1050. The van der Waals surface area contributed by atoms with E-state index >= 15 is 0 Å². The summed E-state index contributed by atoms with van der Waals surface area (Å²) in [4.78, 5) is 21.4. The predicted molar refractivity (Wildman–Crippen MR) is 94.1 cm³/mol. The summed E-state index contributed by atoms with van der Waals surface area (Å²) in [5, 5.41) is 0.546. The molecule has 3 aromatic rings. The molecule has 4 rings (SSSR count). The van der Waals surface area contributed by atoms with Crippen LogP contribution in [0.2, 0.25) is 0 Å². The Morgan fingerprint density at radius 2 is 2.08 bits per heavy atom. The van der Waals surface area contributed by atoms with Gasteiger partial charge in [0, 0.05) is 24.7 Å². The number of fused-ring (bicyclic) bond motifs is 2. The Hall–Kier alpha value is -3.00. The van der Waals surface area contributed by atoms with Gasteiger partial charge in [-0.15, -0.1) is 0 Å². The number of alkyl halides is 1. The molecule has 1 unspecified atom stereocenters. The van der Waals surface area contributed by atoms with Crippen molar-refractivity contribution in [3.05, 3.63) is 70.0 Å². The van der Waals surface area contributed by atoms with Gasteiger partial charge in [0.25, 0.3) is 5.56 Å². The van der Waals surface area contributed by atoms with E-state index in [1.807, 2.05) is 30.3 Å². The zero-order valence-electron chi connectivity index (χ0n) is 13.6.